The van der Waals surface area contributed by atoms with E-state index in [2.05, 4.69) is 328 Å². The maximum Gasteiger partial charge on any atom is 0.0465 e. The number of fused-ring (bicyclic) bond motifs is 6. The van der Waals surface area contributed by atoms with Crippen LogP contribution in [0.25, 0.3) is 51.6 Å². The van der Waals surface area contributed by atoms with Crippen LogP contribution in [0.4, 0.5) is 51.2 Å². The van der Waals surface area contributed by atoms with Crippen LogP contribution in [-0.4, -0.2) is 0 Å². The van der Waals surface area contributed by atoms with Gasteiger partial charge in [-0.1, -0.05) is 313 Å². The summed E-state index contributed by atoms with van der Waals surface area (Å²) in [7, 11) is 0. The molecule has 2 aliphatic carbocycles. The molecule has 500 valence electrons. The molecule has 0 bridgehead atoms. The topological polar surface area (TPSA) is 9.72 Å². The maximum absolute atomic E-state index is 4.12. The predicted molar refractivity (Wildman–Crippen MR) is 429 cm³/mol. The molecular weight excluding hydrogens is 1200 g/mol. The molecule has 0 amide bonds. The van der Waals surface area contributed by atoms with E-state index >= 15 is 0 Å². The van der Waals surface area contributed by atoms with Crippen molar-refractivity contribution < 1.29 is 0 Å². The average Bonchev–Trinajstić information content (AvgIpc) is 1.57. The highest BCUT2D eigenvalue weighted by molar-refractivity contribution is 5.89. The van der Waals surface area contributed by atoms with E-state index in [1.807, 2.05) is 6.08 Å². The summed E-state index contributed by atoms with van der Waals surface area (Å²) < 4.78 is 0. The zero-order chi connectivity index (χ0) is 67.8. The first-order valence-corrected chi connectivity index (χ1v) is 37.7. The van der Waals surface area contributed by atoms with Crippen LogP contribution >= 0.6 is 0 Å². The number of anilines is 9. The Morgan fingerprint density at radius 2 is 0.525 bits per heavy atom. The van der Waals surface area contributed by atoms with Gasteiger partial charge in [-0.25, -0.2) is 0 Å². The summed E-state index contributed by atoms with van der Waals surface area (Å²) in [4.78, 5) is 7.29. The second-order valence-electron chi connectivity index (χ2n) is 28.0. The van der Waals surface area contributed by atoms with Crippen molar-refractivity contribution in [2.75, 3.05) is 14.7 Å². The lowest BCUT2D eigenvalue weighted by atomic mass is 9.70. The molecule has 0 saturated heterocycles. The smallest absolute Gasteiger partial charge is 0.0465 e. The first kappa shape index (κ1) is 67.9. The van der Waals surface area contributed by atoms with Crippen LogP contribution in [-0.2, 0) is 10.8 Å². The van der Waals surface area contributed by atoms with Crippen LogP contribution in [0.5, 0.6) is 0 Å². The van der Waals surface area contributed by atoms with E-state index in [0.717, 1.165) is 56.5 Å². The van der Waals surface area contributed by atoms with E-state index in [1.54, 1.807) is 0 Å². The van der Waals surface area contributed by atoms with Crippen molar-refractivity contribution in [2.45, 2.75) is 167 Å². The van der Waals surface area contributed by atoms with Crippen molar-refractivity contribution in [1.82, 2.24) is 0 Å². The van der Waals surface area contributed by atoms with Gasteiger partial charge in [0.1, 0.15) is 0 Å². The Hall–Kier alpha value is -9.70. The van der Waals surface area contributed by atoms with Crippen molar-refractivity contribution in [3.63, 3.8) is 0 Å². The lowest BCUT2D eigenvalue weighted by molar-refractivity contribution is 0.401. The van der Waals surface area contributed by atoms with Gasteiger partial charge in [0.05, 0.1) is 0 Å². The molecule has 3 heteroatoms. The van der Waals surface area contributed by atoms with Gasteiger partial charge in [0.15, 0.2) is 0 Å². The van der Waals surface area contributed by atoms with Gasteiger partial charge >= 0.3 is 0 Å². The summed E-state index contributed by atoms with van der Waals surface area (Å²) in [6.07, 6.45) is 31.2. The second-order valence-corrected chi connectivity index (χ2v) is 28.0. The van der Waals surface area contributed by atoms with Crippen LogP contribution in [0.15, 0.2) is 273 Å². The summed E-state index contributed by atoms with van der Waals surface area (Å²) in [5, 5.41) is 0. The third-order valence-corrected chi connectivity index (χ3v) is 21.6. The summed E-state index contributed by atoms with van der Waals surface area (Å²) in [6, 6.07) is 100. The maximum atomic E-state index is 4.12. The molecule has 0 heterocycles. The van der Waals surface area contributed by atoms with Gasteiger partial charge < -0.3 is 14.7 Å². The molecular formula is C96H101N3. The number of rotatable bonds is 33. The fourth-order valence-electron chi connectivity index (χ4n) is 16.4. The van der Waals surface area contributed by atoms with E-state index in [-0.39, 0.29) is 10.8 Å². The Bertz CT molecular complexity index is 4360. The second kappa shape index (κ2) is 32.3. The third kappa shape index (κ3) is 14.7. The molecule has 0 unspecified atom stereocenters. The van der Waals surface area contributed by atoms with Gasteiger partial charge in [-0.2, -0.15) is 0 Å². The fourth-order valence-corrected chi connectivity index (χ4v) is 16.4. The van der Waals surface area contributed by atoms with Crippen LogP contribution in [0.1, 0.15) is 195 Å². The van der Waals surface area contributed by atoms with Crippen molar-refractivity contribution in [3.8, 4) is 33.4 Å². The fraction of sp³-hybridized carbons (Fsp3) is 0.271. The van der Waals surface area contributed by atoms with Gasteiger partial charge in [-0.15, -0.1) is 0 Å². The average molecular weight is 1300 g/mol. The van der Waals surface area contributed by atoms with Crippen molar-refractivity contribution in [3.05, 3.63) is 312 Å². The highest BCUT2D eigenvalue weighted by Crippen LogP contribution is 2.58. The number of benzene rings is 11. The largest absolute Gasteiger partial charge is 0.311 e. The van der Waals surface area contributed by atoms with Gasteiger partial charge in [-0.3, -0.25) is 0 Å². The van der Waals surface area contributed by atoms with Gasteiger partial charge in [0.2, 0.25) is 0 Å². The molecule has 11 aromatic carbocycles. The number of hydrogen-bond acceptors (Lipinski definition) is 3. The van der Waals surface area contributed by atoms with Crippen molar-refractivity contribution in [2.24, 2.45) is 0 Å². The minimum Gasteiger partial charge on any atom is -0.311 e. The van der Waals surface area contributed by atoms with Crippen LogP contribution < -0.4 is 14.7 Å². The molecule has 0 N–H and O–H groups in total. The van der Waals surface area contributed by atoms with E-state index in [4.69, 9.17) is 0 Å². The minimum absolute atomic E-state index is 0.0161. The monoisotopic (exact) mass is 1300 g/mol. The Morgan fingerprint density at radius 3 is 0.859 bits per heavy atom. The highest BCUT2D eigenvalue weighted by atomic mass is 15.2. The molecule has 0 aromatic heterocycles. The standard InChI is InChI=1S/C96H101N3/c1-6-11-15-29-67-95(68-30-16-12-7-2)91-39-27-25-37-87(91)89-65-63-85(71-93(89)95)98(81-53-43-73(10-5)44-54-81)83-59-49-76(50-60-83)77-51-61-84(62-52-77)99(86-64-66-90-88-38-26-28-40-92(88)96(94(90)72-86,69-31-17-13-8-3)70-32-18-14-9-4)82-57-47-75(48-58-82)42-41-74-45-55-80(56-46-74)97(78-33-21-19-22-34-78)79-35-23-20-24-36-79/h10,19-28,33-66,71-72H,5-9,11-18,29-32,67-70H2,1-4H3/b42-41+. The lowest BCUT2D eigenvalue weighted by Gasteiger charge is -2.34. The molecule has 99 heavy (non-hydrogen) atoms. The van der Waals surface area contributed by atoms with Gasteiger partial charge in [0.25, 0.3) is 0 Å². The zero-order valence-corrected chi connectivity index (χ0v) is 59.3. The molecule has 0 radical (unpaired) electrons. The zero-order valence-electron chi connectivity index (χ0n) is 59.3. The highest BCUT2D eigenvalue weighted by Gasteiger charge is 2.44. The summed E-state index contributed by atoms with van der Waals surface area (Å²) in [5.74, 6) is 0. The van der Waals surface area contributed by atoms with Crippen molar-refractivity contribution >= 4 is 69.4 Å². The minimum atomic E-state index is -0.0390. The lowest BCUT2D eigenvalue weighted by Crippen LogP contribution is -2.26. The van der Waals surface area contributed by atoms with Gasteiger partial charge in [0, 0.05) is 62.0 Å². The summed E-state index contributed by atoms with van der Waals surface area (Å²) in [6.45, 7) is 13.4. The Labute approximate surface area is 593 Å². The quantitative estimate of drug-likeness (QED) is 0.0300. The molecule has 11 aromatic rings. The molecule has 0 spiro atoms. The first-order valence-electron chi connectivity index (χ1n) is 37.7. The molecule has 3 nitrogen and oxygen atoms in total. The summed E-state index contributed by atoms with van der Waals surface area (Å²) >= 11 is 0. The van der Waals surface area contributed by atoms with E-state index < -0.39 is 0 Å². The Kier molecular flexibility index (Phi) is 22.2. The third-order valence-electron chi connectivity index (χ3n) is 21.6. The SMILES string of the molecule is C=Cc1ccc(N(c2ccc(-c3ccc(N(c4ccc(/C=C/c5ccc(N(c6ccccc6)c6ccccc6)cc5)cc4)c4ccc5c(c4)C(CCCCCC)(CCCCCC)c4ccccc4-5)cc3)cc2)c2ccc3c(c2)C(CCCCCC)(CCCCCC)c2ccccc2-3)cc1. The first-order chi connectivity index (χ1) is 48.9. The molecule has 2 aliphatic rings. The molecule has 0 fully saturated rings. The van der Waals surface area contributed by atoms with E-state index in [1.165, 1.54) is 195 Å². The van der Waals surface area contributed by atoms with E-state index in [0.29, 0.717) is 0 Å². The number of hydrogen-bond donors (Lipinski definition) is 0. The summed E-state index contributed by atoms with van der Waals surface area (Å²) in [5.41, 5.74) is 27.7. The molecule has 0 aliphatic heterocycles. The molecule has 13 rings (SSSR count). The predicted octanol–water partition coefficient (Wildman–Crippen LogP) is 29.0. The Balaban J connectivity index is 0.843. The number of nitrogens with zero attached hydrogens (tertiary/aromatic N) is 3. The van der Waals surface area contributed by atoms with Crippen molar-refractivity contribution in [1.29, 1.82) is 0 Å². The van der Waals surface area contributed by atoms with Crippen LogP contribution in [0.2, 0.25) is 0 Å². The van der Waals surface area contributed by atoms with E-state index in [9.17, 15) is 0 Å². The molecule has 0 atom stereocenters. The number of para-hydroxylation sites is 2. The van der Waals surface area contributed by atoms with Gasteiger partial charge in [-0.05, 0) is 207 Å². The Morgan fingerprint density at radius 1 is 0.253 bits per heavy atom. The normalized spacial score (nSPS) is 13.0. The van der Waals surface area contributed by atoms with Crippen LogP contribution in [0.3, 0.4) is 0 Å². The number of unbranched alkanes of at least 4 members (excludes halogenated alkanes) is 12. The van der Waals surface area contributed by atoms with Crippen LogP contribution in [0, 0.1) is 0 Å². The molecule has 0 saturated carbocycles.